The number of carbonyl (C=O) groups is 3. The van der Waals surface area contributed by atoms with E-state index in [2.05, 4.69) is 51.2 Å². The molecular weight excluding hydrogens is 1090 g/mol. The van der Waals surface area contributed by atoms with Gasteiger partial charge in [-0.2, -0.15) is 5.26 Å². The van der Waals surface area contributed by atoms with Crippen molar-refractivity contribution < 1.29 is 24.3 Å². The van der Waals surface area contributed by atoms with Crippen LogP contribution in [0.25, 0.3) is 33.2 Å². The smallest absolute Gasteiger partial charge is 0.339 e. The number of nitriles is 1. The standard InChI is InChI=1S/C30H27N9O3.C29H28N10O4/c1-3-22(37-27-21(14-31)26(32)35-17-36-27)28-38-24-11-7-10-23(25(24)29(40)39(28)20-8-5-4-6-9-20)34-16-19-13-12-18(15-33-19)30(41)42-2;1-2-19(36-26-23(25(31)40)24(30)34-15-35-26)27-37-21-10-6-9-20(22(21)29(42)39(27)18-7-4-3-5-8-18)33-14-17-12-11-16(13-32-17)28(41)38-43/h4-13,15,17,22,34H,3,16H2,1-2H3,(H3,32,35,36,37);3-13,15,19,33,43H,2,14H2,1H3,(H2,31,40)(H,38,41)(H3,30,34,35,36)/t22-;19-/m00/s1. The highest BCUT2D eigenvalue weighted by atomic mass is 16.5. The van der Waals surface area contributed by atoms with E-state index in [0.29, 0.717) is 92.5 Å². The number of anilines is 6. The van der Waals surface area contributed by atoms with E-state index in [0.717, 1.165) is 0 Å². The number of primary amides is 1. The number of nitrogen functional groups attached to an aromatic ring is 2. The molecule has 0 spiro atoms. The highest BCUT2D eigenvalue weighted by Crippen LogP contribution is 2.31. The molecule has 2 amide bonds. The van der Waals surface area contributed by atoms with Crippen molar-refractivity contribution in [3.8, 4) is 17.4 Å². The van der Waals surface area contributed by atoms with Crippen LogP contribution in [0.3, 0.4) is 0 Å². The Morgan fingerprint density at radius 3 is 1.55 bits per heavy atom. The van der Waals surface area contributed by atoms with E-state index in [1.54, 1.807) is 64.6 Å². The second-order valence-electron chi connectivity index (χ2n) is 18.7. The molecule has 0 unspecified atom stereocenters. The van der Waals surface area contributed by atoms with Gasteiger partial charge in [-0.1, -0.05) is 62.4 Å². The number of fused-ring (bicyclic) bond motifs is 2. The fourth-order valence-electron chi connectivity index (χ4n) is 9.18. The van der Waals surface area contributed by atoms with Gasteiger partial charge in [-0.15, -0.1) is 0 Å². The van der Waals surface area contributed by atoms with Crippen LogP contribution >= 0.6 is 0 Å². The van der Waals surface area contributed by atoms with Crippen LogP contribution in [0, 0.1) is 11.3 Å². The fourth-order valence-corrected chi connectivity index (χ4v) is 9.18. The molecular formula is C59H55N19O7. The Kier molecular flexibility index (Phi) is 17.9. The molecule has 4 aromatic carbocycles. The summed E-state index contributed by atoms with van der Waals surface area (Å²) in [6.45, 7) is 4.39. The quantitative estimate of drug-likeness (QED) is 0.0236. The Balaban J connectivity index is 0.000000204. The molecule has 85 heavy (non-hydrogen) atoms. The zero-order chi connectivity index (χ0) is 60.1. The van der Waals surface area contributed by atoms with Gasteiger partial charge in [0.25, 0.3) is 22.9 Å². The van der Waals surface area contributed by atoms with E-state index < -0.39 is 29.9 Å². The number of amides is 2. The summed E-state index contributed by atoms with van der Waals surface area (Å²) >= 11 is 0. The highest BCUT2D eigenvalue weighted by molar-refractivity contribution is 6.02. The molecule has 0 fully saturated rings. The van der Waals surface area contributed by atoms with Crippen LogP contribution in [0.1, 0.15) is 98.4 Å². The van der Waals surface area contributed by atoms with Gasteiger partial charge in [0, 0.05) is 23.8 Å². The predicted molar refractivity (Wildman–Crippen MR) is 318 cm³/mol. The molecule has 0 saturated heterocycles. The first kappa shape index (κ1) is 58.0. The van der Waals surface area contributed by atoms with E-state index in [9.17, 15) is 29.2 Å². The lowest BCUT2D eigenvalue weighted by molar-refractivity contribution is 0.0599. The Bertz CT molecular complexity index is 4260. The number of ether oxygens (including phenoxy) is 1. The van der Waals surface area contributed by atoms with Crippen molar-refractivity contribution in [1.29, 1.82) is 5.26 Å². The molecule has 0 bridgehead atoms. The van der Waals surface area contributed by atoms with Gasteiger partial charge in [0.05, 0.1) is 88.0 Å². The minimum atomic E-state index is -0.793. The first-order valence-corrected chi connectivity index (χ1v) is 26.3. The van der Waals surface area contributed by atoms with Crippen LogP contribution in [0.5, 0.6) is 0 Å². The van der Waals surface area contributed by atoms with E-state index >= 15 is 0 Å². The Morgan fingerprint density at radius 1 is 0.624 bits per heavy atom. The summed E-state index contributed by atoms with van der Waals surface area (Å²) in [6, 6.07) is 36.5. The molecule has 26 heteroatoms. The highest BCUT2D eigenvalue weighted by Gasteiger charge is 2.26. The van der Waals surface area contributed by atoms with Crippen LogP contribution in [0.4, 0.5) is 34.6 Å². The van der Waals surface area contributed by atoms with Crippen molar-refractivity contribution in [3.05, 3.63) is 212 Å². The summed E-state index contributed by atoms with van der Waals surface area (Å²) in [4.78, 5) is 98.6. The number of methoxy groups -OCH3 is 1. The maximum atomic E-state index is 14.3. The van der Waals surface area contributed by atoms with E-state index in [1.165, 1.54) is 42.8 Å². The van der Waals surface area contributed by atoms with Gasteiger partial charge in [0.2, 0.25) is 0 Å². The van der Waals surface area contributed by atoms with Crippen LogP contribution in [-0.2, 0) is 17.8 Å². The third-order valence-electron chi connectivity index (χ3n) is 13.4. The molecule has 0 aliphatic carbocycles. The van der Waals surface area contributed by atoms with Crippen molar-refractivity contribution in [2.24, 2.45) is 5.73 Å². The summed E-state index contributed by atoms with van der Waals surface area (Å²) in [5, 5.41) is 32.2. The topological polar surface area (TPSA) is 390 Å². The molecule has 6 aromatic heterocycles. The molecule has 10 rings (SSSR count). The first-order chi connectivity index (χ1) is 41.3. The largest absolute Gasteiger partial charge is 0.465 e. The number of aromatic nitrogens is 10. The average molecular weight is 1140 g/mol. The predicted octanol–water partition coefficient (Wildman–Crippen LogP) is 6.53. The zero-order valence-corrected chi connectivity index (χ0v) is 45.9. The maximum Gasteiger partial charge on any atom is 0.339 e. The van der Waals surface area contributed by atoms with Crippen molar-refractivity contribution in [2.75, 3.05) is 39.8 Å². The zero-order valence-electron chi connectivity index (χ0n) is 45.9. The molecule has 2 atom stereocenters. The van der Waals surface area contributed by atoms with Gasteiger partial charge < -0.3 is 43.2 Å². The molecule has 0 aliphatic heterocycles. The van der Waals surface area contributed by atoms with Gasteiger partial charge in [0.1, 0.15) is 64.8 Å². The number of carbonyl (C=O) groups excluding carboxylic acids is 3. The minimum Gasteiger partial charge on any atom is -0.465 e. The first-order valence-electron chi connectivity index (χ1n) is 26.3. The number of hydrogen-bond donors (Lipinski definition) is 9. The van der Waals surface area contributed by atoms with Gasteiger partial charge in [-0.3, -0.25) is 43.5 Å². The normalized spacial score (nSPS) is 11.5. The van der Waals surface area contributed by atoms with Crippen molar-refractivity contribution in [1.82, 2.24) is 54.5 Å². The second-order valence-corrected chi connectivity index (χ2v) is 18.7. The Morgan fingerprint density at radius 2 is 1.11 bits per heavy atom. The number of pyridine rings is 2. The lowest BCUT2D eigenvalue weighted by Crippen LogP contribution is -2.29. The van der Waals surface area contributed by atoms with Crippen molar-refractivity contribution >= 4 is 74.2 Å². The molecule has 6 heterocycles. The summed E-state index contributed by atoms with van der Waals surface area (Å²) < 4.78 is 7.81. The fraction of sp³-hybridized carbons (Fsp3) is 0.153. The Labute approximate surface area is 483 Å². The van der Waals surface area contributed by atoms with Crippen molar-refractivity contribution in [3.63, 3.8) is 0 Å². The summed E-state index contributed by atoms with van der Waals surface area (Å²) in [5.74, 6) is -0.721. The van der Waals surface area contributed by atoms with Gasteiger partial charge >= 0.3 is 5.97 Å². The number of hydrogen-bond acceptors (Lipinski definition) is 22. The third-order valence-corrected chi connectivity index (χ3v) is 13.4. The van der Waals surface area contributed by atoms with Crippen molar-refractivity contribution in [2.45, 2.75) is 51.9 Å². The Hall–Kier alpha value is -11.7. The second kappa shape index (κ2) is 26.3. The van der Waals surface area contributed by atoms with E-state index in [4.69, 9.17) is 37.1 Å². The average Bonchev–Trinajstić information content (AvgIpc) is 3.70. The van der Waals surface area contributed by atoms with Crippen LogP contribution in [-0.4, -0.2) is 79.1 Å². The van der Waals surface area contributed by atoms with Crippen LogP contribution in [0.2, 0.25) is 0 Å². The molecule has 12 N–H and O–H groups in total. The monoisotopic (exact) mass is 1140 g/mol. The molecule has 0 radical (unpaired) electrons. The molecule has 0 aliphatic rings. The number of esters is 1. The number of hydroxylamine groups is 1. The van der Waals surface area contributed by atoms with Crippen LogP contribution in [0.15, 0.2) is 156 Å². The van der Waals surface area contributed by atoms with Gasteiger partial charge in [-0.25, -0.2) is 40.2 Å². The summed E-state index contributed by atoms with van der Waals surface area (Å²) in [6.07, 6.45) is 6.26. The SMILES string of the molecule is CC[C@H](Nc1ncnc(N)c1C#N)c1nc2cccc(NCc3ccc(C(=O)OC)cn3)c2c(=O)n1-c1ccccc1.CC[C@H](Nc1ncnc(N)c1C(N)=O)c1nc2cccc(NCc3ccc(C(=O)NO)cn3)c2c(=O)n1-c1ccccc1. The number of benzene rings is 4. The molecule has 26 nitrogen and oxygen atoms in total. The summed E-state index contributed by atoms with van der Waals surface area (Å²) in [7, 11) is 1.31. The van der Waals surface area contributed by atoms with E-state index in [1.807, 2.05) is 80.6 Å². The number of para-hydroxylation sites is 2. The number of nitrogens with one attached hydrogen (secondary N) is 5. The van der Waals surface area contributed by atoms with Gasteiger partial charge in [-0.05, 0) is 85.6 Å². The number of rotatable bonds is 19. The summed E-state index contributed by atoms with van der Waals surface area (Å²) in [5.41, 5.74) is 23.5. The van der Waals surface area contributed by atoms with E-state index in [-0.39, 0.29) is 57.6 Å². The molecule has 0 saturated carbocycles. The van der Waals surface area contributed by atoms with Gasteiger partial charge in [0.15, 0.2) is 0 Å². The van der Waals surface area contributed by atoms with Crippen LogP contribution < -0.4 is 55.1 Å². The number of nitrogens with zero attached hydrogens (tertiary/aromatic N) is 11. The maximum absolute atomic E-state index is 14.3. The molecule has 428 valence electrons. The lowest BCUT2D eigenvalue weighted by Gasteiger charge is -2.23. The lowest BCUT2D eigenvalue weighted by atomic mass is 10.1. The third kappa shape index (κ3) is 12.6. The number of nitrogens with two attached hydrogens (primary N) is 3. The molecule has 10 aromatic rings. The minimum absolute atomic E-state index is 0.0551.